The number of nitrogens with zero attached hydrogens (tertiary/aromatic N) is 3. The number of anilines is 1. The van der Waals surface area contributed by atoms with E-state index in [1.165, 1.54) is 30.0 Å². The number of hydrogen-bond donors (Lipinski definition) is 1. The van der Waals surface area contributed by atoms with Crippen molar-refractivity contribution in [2.24, 2.45) is 0 Å². The Balaban J connectivity index is 1.58. The van der Waals surface area contributed by atoms with Crippen LogP contribution in [0.15, 0.2) is 65.3 Å². The Bertz CT molecular complexity index is 1290. The minimum atomic E-state index is -4.54. The van der Waals surface area contributed by atoms with Gasteiger partial charge in [-0.2, -0.15) is 18.2 Å². The van der Waals surface area contributed by atoms with Gasteiger partial charge < -0.3 is 14.5 Å². The van der Waals surface area contributed by atoms with Crippen molar-refractivity contribution in [1.82, 2.24) is 14.8 Å². The molecule has 2 aromatic heterocycles. The van der Waals surface area contributed by atoms with E-state index in [4.69, 9.17) is 9.15 Å². The molecule has 0 aliphatic carbocycles. The van der Waals surface area contributed by atoms with Crippen LogP contribution in [0.25, 0.3) is 17.3 Å². The lowest BCUT2D eigenvalue weighted by molar-refractivity contribution is -0.138. The molecular weight excluding hydrogens is 449 g/mol. The number of hydrogen-bond acceptors (Lipinski definition) is 5. The van der Waals surface area contributed by atoms with Gasteiger partial charge in [-0.1, -0.05) is 6.07 Å². The fourth-order valence-electron chi connectivity index (χ4n) is 3.26. The van der Waals surface area contributed by atoms with Gasteiger partial charge in [0.2, 0.25) is 5.82 Å². The lowest BCUT2D eigenvalue weighted by atomic mass is 10.0. The number of aryl methyl sites for hydroxylation is 1. The zero-order valence-electron chi connectivity index (χ0n) is 18.6. The molecule has 0 spiro atoms. The second-order valence-corrected chi connectivity index (χ2v) is 7.80. The molecule has 0 unspecified atom stereocenters. The Labute approximate surface area is 193 Å². The van der Waals surface area contributed by atoms with Gasteiger partial charge in [0.05, 0.1) is 23.6 Å². The van der Waals surface area contributed by atoms with Crippen LogP contribution in [-0.4, -0.2) is 26.8 Å². The van der Waals surface area contributed by atoms with Crippen LogP contribution in [0.5, 0.6) is 6.01 Å². The Morgan fingerprint density at radius 1 is 1.12 bits per heavy atom. The lowest BCUT2D eigenvalue weighted by Gasteiger charge is -2.12. The number of benzene rings is 2. The molecule has 0 saturated carbocycles. The molecule has 4 aromatic rings. The largest absolute Gasteiger partial charge is 0.461 e. The number of amides is 1. The van der Waals surface area contributed by atoms with Gasteiger partial charge in [-0.3, -0.25) is 4.79 Å². The summed E-state index contributed by atoms with van der Waals surface area (Å²) in [5.41, 5.74) is 0.140. The molecule has 1 N–H and O–H groups in total. The van der Waals surface area contributed by atoms with Gasteiger partial charge in [0, 0.05) is 11.3 Å². The number of carbonyl (C=O) groups excluding carboxylic acids is 1. The first-order chi connectivity index (χ1) is 16.1. The monoisotopic (exact) mass is 470 g/mol. The number of carbonyl (C=O) groups is 1. The smallest absolute Gasteiger partial charge is 0.416 e. The van der Waals surface area contributed by atoms with Gasteiger partial charge in [-0.05, 0) is 74.9 Å². The molecule has 4 rings (SSSR count). The minimum Gasteiger partial charge on any atom is -0.461 e. The highest BCUT2D eigenvalue weighted by molar-refractivity contribution is 6.04. The van der Waals surface area contributed by atoms with Crippen LogP contribution in [0.2, 0.25) is 0 Å². The van der Waals surface area contributed by atoms with E-state index in [9.17, 15) is 18.0 Å². The van der Waals surface area contributed by atoms with Gasteiger partial charge >= 0.3 is 12.2 Å². The second kappa shape index (κ2) is 9.05. The molecular formula is C24H21F3N4O3. The SMILES string of the molecule is Cc1ccc(C(=O)Nc2ccc(-n3nc(OC(C)C)nc3-c3ccco3)cc2)cc1C(F)(F)F. The fraction of sp³-hybridized carbons (Fsp3) is 0.208. The molecule has 7 nitrogen and oxygen atoms in total. The number of ether oxygens (including phenoxy) is 1. The third-order valence-corrected chi connectivity index (χ3v) is 4.85. The van der Waals surface area contributed by atoms with Crippen LogP contribution < -0.4 is 10.1 Å². The van der Waals surface area contributed by atoms with Crippen LogP contribution in [0.4, 0.5) is 18.9 Å². The van der Waals surface area contributed by atoms with Gasteiger partial charge in [0.1, 0.15) is 0 Å². The van der Waals surface area contributed by atoms with E-state index < -0.39 is 17.6 Å². The van der Waals surface area contributed by atoms with Gasteiger partial charge in [0.25, 0.3) is 5.91 Å². The first kappa shape index (κ1) is 23.1. The Kier molecular flexibility index (Phi) is 6.14. The Hall–Kier alpha value is -4.08. The average molecular weight is 470 g/mol. The fourth-order valence-corrected chi connectivity index (χ4v) is 3.26. The highest BCUT2D eigenvalue weighted by Gasteiger charge is 2.33. The topological polar surface area (TPSA) is 82.2 Å². The number of alkyl halides is 3. The van der Waals surface area contributed by atoms with Crippen molar-refractivity contribution < 1.29 is 27.1 Å². The van der Waals surface area contributed by atoms with Crippen LogP contribution in [0.3, 0.4) is 0 Å². The van der Waals surface area contributed by atoms with E-state index in [0.717, 1.165) is 6.07 Å². The number of aromatic nitrogens is 3. The number of halogens is 3. The van der Waals surface area contributed by atoms with E-state index >= 15 is 0 Å². The Morgan fingerprint density at radius 2 is 1.85 bits per heavy atom. The normalized spacial score (nSPS) is 11.6. The van der Waals surface area contributed by atoms with Gasteiger partial charge in [0.15, 0.2) is 5.76 Å². The second-order valence-electron chi connectivity index (χ2n) is 7.80. The molecule has 176 valence electrons. The summed E-state index contributed by atoms with van der Waals surface area (Å²) >= 11 is 0. The minimum absolute atomic E-state index is 0.0504. The average Bonchev–Trinajstić information content (AvgIpc) is 3.43. The predicted octanol–water partition coefficient (Wildman–Crippen LogP) is 5.89. The summed E-state index contributed by atoms with van der Waals surface area (Å²) in [5, 5.41) is 7.00. The molecule has 1 amide bonds. The maximum atomic E-state index is 13.2. The van der Waals surface area contributed by atoms with Crippen molar-refractivity contribution in [2.45, 2.75) is 33.1 Å². The van der Waals surface area contributed by atoms with E-state index in [1.807, 2.05) is 13.8 Å². The summed E-state index contributed by atoms with van der Waals surface area (Å²) in [6.45, 7) is 5.06. The molecule has 2 aromatic carbocycles. The van der Waals surface area contributed by atoms with Crippen LogP contribution in [0, 0.1) is 6.92 Å². The molecule has 0 aliphatic rings. The lowest BCUT2D eigenvalue weighted by Crippen LogP contribution is -2.15. The van der Waals surface area contributed by atoms with E-state index in [1.54, 1.807) is 36.4 Å². The molecule has 34 heavy (non-hydrogen) atoms. The van der Waals surface area contributed by atoms with Crippen molar-refractivity contribution >= 4 is 11.6 Å². The summed E-state index contributed by atoms with van der Waals surface area (Å²) in [6, 6.07) is 13.7. The Morgan fingerprint density at radius 3 is 2.47 bits per heavy atom. The summed E-state index contributed by atoms with van der Waals surface area (Å²) < 4.78 is 52.1. The van der Waals surface area contributed by atoms with Crippen LogP contribution >= 0.6 is 0 Å². The van der Waals surface area contributed by atoms with Gasteiger partial charge in [-0.25, -0.2) is 4.68 Å². The number of furan rings is 1. The first-order valence-electron chi connectivity index (χ1n) is 10.4. The van der Waals surface area contributed by atoms with E-state index in [0.29, 0.717) is 23.0 Å². The van der Waals surface area contributed by atoms with Crippen molar-refractivity contribution in [3.05, 3.63) is 77.6 Å². The van der Waals surface area contributed by atoms with E-state index in [2.05, 4.69) is 15.4 Å². The molecule has 0 aliphatic heterocycles. The van der Waals surface area contributed by atoms with Crippen molar-refractivity contribution in [2.75, 3.05) is 5.32 Å². The molecule has 0 saturated heterocycles. The number of rotatable bonds is 6. The molecule has 0 bridgehead atoms. The van der Waals surface area contributed by atoms with Crippen LogP contribution in [-0.2, 0) is 6.18 Å². The summed E-state index contributed by atoms with van der Waals surface area (Å²) in [6.07, 6.45) is -3.15. The highest BCUT2D eigenvalue weighted by atomic mass is 19.4. The van der Waals surface area contributed by atoms with Crippen molar-refractivity contribution in [1.29, 1.82) is 0 Å². The maximum Gasteiger partial charge on any atom is 0.416 e. The predicted molar refractivity (Wildman–Crippen MR) is 119 cm³/mol. The van der Waals surface area contributed by atoms with Crippen molar-refractivity contribution in [3.63, 3.8) is 0 Å². The quantitative estimate of drug-likeness (QED) is 0.380. The zero-order chi connectivity index (χ0) is 24.5. The van der Waals surface area contributed by atoms with Gasteiger partial charge in [-0.15, -0.1) is 5.10 Å². The highest BCUT2D eigenvalue weighted by Crippen LogP contribution is 2.32. The van der Waals surface area contributed by atoms with E-state index in [-0.39, 0.29) is 23.2 Å². The standard InChI is InChI=1S/C24H21F3N4O3/c1-14(2)34-23-29-21(20-5-4-12-33-20)31(30-23)18-10-8-17(9-11-18)28-22(32)16-7-6-15(3)19(13-16)24(25,26)27/h4-14H,1-3H3,(H,28,32). The first-order valence-corrected chi connectivity index (χ1v) is 10.4. The summed E-state index contributed by atoms with van der Waals surface area (Å²) in [5.74, 6) is 0.267. The molecule has 0 fully saturated rings. The maximum absolute atomic E-state index is 13.2. The van der Waals surface area contributed by atoms with Crippen LogP contribution in [0.1, 0.15) is 35.3 Å². The molecule has 0 atom stereocenters. The summed E-state index contributed by atoms with van der Waals surface area (Å²) in [4.78, 5) is 16.9. The third kappa shape index (κ3) is 4.95. The zero-order valence-corrected chi connectivity index (χ0v) is 18.6. The molecule has 10 heteroatoms. The summed E-state index contributed by atoms with van der Waals surface area (Å²) in [7, 11) is 0. The van der Waals surface area contributed by atoms with Crippen molar-refractivity contribution in [3.8, 4) is 23.3 Å². The third-order valence-electron chi connectivity index (χ3n) is 4.85. The molecule has 0 radical (unpaired) electrons. The number of nitrogens with one attached hydrogen (secondary N) is 1. The molecule has 2 heterocycles.